The fraction of sp³-hybridized carbons (Fsp3) is 0.261. The van der Waals surface area contributed by atoms with E-state index >= 15 is 0 Å². The first-order valence-electron chi connectivity index (χ1n) is 10.8. The summed E-state index contributed by atoms with van der Waals surface area (Å²) in [6.45, 7) is 5.11. The zero-order valence-electron chi connectivity index (χ0n) is 20.5. The number of hydrogen-bond donors (Lipinski definition) is 1. The van der Waals surface area contributed by atoms with E-state index in [1.165, 1.54) is 37.8 Å². The molecule has 4 aromatic rings. The van der Waals surface area contributed by atoms with Gasteiger partial charge in [0.25, 0.3) is 11.3 Å². The number of anilines is 3. The predicted octanol–water partition coefficient (Wildman–Crippen LogP) is 3.20. The van der Waals surface area contributed by atoms with E-state index < -0.39 is 29.0 Å². The maximum atomic E-state index is 14.3. The first-order chi connectivity index (χ1) is 17.5. The number of carbonyl (C=O) groups is 2. The van der Waals surface area contributed by atoms with Crippen molar-refractivity contribution >= 4 is 40.4 Å². The number of methoxy groups -OCH3 is 1. The lowest BCUT2D eigenvalue weighted by atomic mass is 10.2. The summed E-state index contributed by atoms with van der Waals surface area (Å²) in [5, 5.41) is 6.61. The second kappa shape index (κ2) is 9.64. The largest absolute Gasteiger partial charge is 0.463 e. The molecule has 0 saturated carbocycles. The second-order valence-corrected chi connectivity index (χ2v) is 8.65. The fourth-order valence-corrected chi connectivity index (χ4v) is 3.22. The first-order valence-corrected chi connectivity index (χ1v) is 10.8. The van der Waals surface area contributed by atoms with E-state index in [-0.39, 0.29) is 39.9 Å². The van der Waals surface area contributed by atoms with Crippen LogP contribution in [0.3, 0.4) is 0 Å². The smallest absolute Gasteiger partial charge is 0.414 e. The molecule has 1 N–H and O–H groups in total. The highest BCUT2D eigenvalue weighted by Crippen LogP contribution is 2.31. The lowest BCUT2D eigenvalue weighted by molar-refractivity contribution is 0.0554. The van der Waals surface area contributed by atoms with Gasteiger partial charge in [-0.3, -0.25) is 14.3 Å². The van der Waals surface area contributed by atoms with Crippen molar-refractivity contribution in [2.45, 2.75) is 26.4 Å². The molecule has 0 spiro atoms. The van der Waals surface area contributed by atoms with Gasteiger partial charge >= 0.3 is 12.1 Å². The normalized spacial score (nSPS) is 11.3. The standard InChI is InChI=1S/C23H22FN7O6/c1-23(2,3)36-22(34)30(4)13-11-14(27-16-15(13)29-37-17(16)21(33)35-5)28-18-20(32)31(10-9-25-18)19-12(24)7-6-8-26-19/h6-11H,1-5H3,(H,25,27,28). The molecule has 0 aliphatic heterocycles. The van der Waals surface area contributed by atoms with Crippen molar-refractivity contribution in [3.8, 4) is 5.82 Å². The Balaban J connectivity index is 1.82. The van der Waals surface area contributed by atoms with Crippen LogP contribution >= 0.6 is 0 Å². The number of ether oxygens (including phenoxy) is 2. The number of amides is 1. The van der Waals surface area contributed by atoms with E-state index in [9.17, 15) is 18.8 Å². The van der Waals surface area contributed by atoms with Gasteiger partial charge in [0.15, 0.2) is 23.0 Å². The van der Waals surface area contributed by atoms with Crippen molar-refractivity contribution in [2.75, 3.05) is 24.4 Å². The van der Waals surface area contributed by atoms with Crippen LogP contribution in [0.15, 0.2) is 46.1 Å². The molecule has 0 aliphatic carbocycles. The van der Waals surface area contributed by atoms with Gasteiger partial charge in [0.05, 0.1) is 12.8 Å². The van der Waals surface area contributed by atoms with Gasteiger partial charge in [-0.25, -0.2) is 28.9 Å². The van der Waals surface area contributed by atoms with E-state index in [0.29, 0.717) is 0 Å². The van der Waals surface area contributed by atoms with Gasteiger partial charge in [-0.2, -0.15) is 0 Å². The third kappa shape index (κ3) is 5.07. The topological polar surface area (TPSA) is 155 Å². The van der Waals surface area contributed by atoms with Crippen molar-refractivity contribution in [1.82, 2.24) is 24.7 Å². The molecule has 0 aromatic carbocycles. The lowest BCUT2D eigenvalue weighted by Gasteiger charge is -2.24. The summed E-state index contributed by atoms with van der Waals surface area (Å²) in [5.74, 6) is -2.36. The van der Waals surface area contributed by atoms with Gasteiger partial charge in [0, 0.05) is 31.7 Å². The first kappa shape index (κ1) is 25.2. The highest BCUT2D eigenvalue weighted by Gasteiger charge is 2.27. The molecule has 0 unspecified atom stereocenters. The summed E-state index contributed by atoms with van der Waals surface area (Å²) in [6, 6.07) is 3.94. The summed E-state index contributed by atoms with van der Waals surface area (Å²) in [6.07, 6.45) is 3.14. The van der Waals surface area contributed by atoms with Gasteiger partial charge in [-0.05, 0) is 32.9 Å². The molecule has 4 rings (SSSR count). The van der Waals surface area contributed by atoms with E-state index in [0.717, 1.165) is 22.6 Å². The van der Waals surface area contributed by atoms with Crippen LogP contribution in [0.2, 0.25) is 0 Å². The van der Waals surface area contributed by atoms with Crippen molar-refractivity contribution in [3.63, 3.8) is 0 Å². The third-order valence-electron chi connectivity index (χ3n) is 4.87. The van der Waals surface area contributed by atoms with Crippen LogP contribution < -0.4 is 15.8 Å². The summed E-state index contributed by atoms with van der Waals surface area (Å²) >= 11 is 0. The van der Waals surface area contributed by atoms with Crippen LogP contribution in [0.1, 0.15) is 31.3 Å². The predicted molar refractivity (Wildman–Crippen MR) is 129 cm³/mol. The number of pyridine rings is 2. The maximum absolute atomic E-state index is 14.3. The Hall–Kier alpha value is -4.88. The zero-order chi connectivity index (χ0) is 26.9. The molecule has 13 nitrogen and oxygen atoms in total. The number of rotatable bonds is 5. The quantitative estimate of drug-likeness (QED) is 0.393. The summed E-state index contributed by atoms with van der Waals surface area (Å²) in [5.41, 5.74) is -1.36. The molecule has 0 aliphatic rings. The Labute approximate surface area is 208 Å². The van der Waals surface area contributed by atoms with E-state index in [1.807, 2.05) is 0 Å². The Morgan fingerprint density at radius 1 is 1.19 bits per heavy atom. The van der Waals surface area contributed by atoms with E-state index in [4.69, 9.17) is 14.0 Å². The Kier molecular flexibility index (Phi) is 6.57. The Morgan fingerprint density at radius 2 is 1.95 bits per heavy atom. The zero-order valence-corrected chi connectivity index (χ0v) is 20.5. The number of carbonyl (C=O) groups excluding carboxylic acids is 2. The molecule has 4 heterocycles. The molecule has 192 valence electrons. The Morgan fingerprint density at radius 3 is 2.62 bits per heavy atom. The fourth-order valence-electron chi connectivity index (χ4n) is 3.22. The van der Waals surface area contributed by atoms with Crippen LogP contribution in [0.25, 0.3) is 16.9 Å². The van der Waals surface area contributed by atoms with E-state index in [2.05, 4.69) is 25.4 Å². The second-order valence-electron chi connectivity index (χ2n) is 8.65. The molecular formula is C23H22FN7O6. The van der Waals surface area contributed by atoms with Crippen molar-refractivity contribution in [1.29, 1.82) is 0 Å². The molecule has 0 saturated heterocycles. The van der Waals surface area contributed by atoms with Crippen molar-refractivity contribution in [2.24, 2.45) is 0 Å². The highest BCUT2D eigenvalue weighted by molar-refractivity contribution is 6.06. The van der Waals surface area contributed by atoms with Gasteiger partial charge in [0.2, 0.25) is 0 Å². The number of esters is 1. The van der Waals surface area contributed by atoms with E-state index in [1.54, 1.807) is 20.8 Å². The SMILES string of the molecule is COC(=O)c1onc2c(N(C)C(=O)OC(C)(C)C)cc(Nc3nccn(-c4ncccc4F)c3=O)nc12. The van der Waals surface area contributed by atoms with Crippen LogP contribution in [0.5, 0.6) is 0 Å². The number of aromatic nitrogens is 5. The average Bonchev–Trinajstić information content (AvgIpc) is 3.27. The molecule has 0 atom stereocenters. The lowest BCUT2D eigenvalue weighted by Crippen LogP contribution is -2.34. The summed E-state index contributed by atoms with van der Waals surface area (Å²) in [4.78, 5) is 51.4. The molecule has 0 bridgehead atoms. The summed E-state index contributed by atoms with van der Waals surface area (Å²) in [7, 11) is 2.58. The van der Waals surface area contributed by atoms with Gasteiger partial charge in [0.1, 0.15) is 16.9 Å². The minimum Gasteiger partial charge on any atom is -0.463 e. The van der Waals surface area contributed by atoms with Gasteiger partial charge in [-0.15, -0.1) is 0 Å². The minimum absolute atomic E-state index is 0.00453. The number of hydrogen-bond acceptors (Lipinski definition) is 11. The minimum atomic E-state index is -0.858. The van der Waals surface area contributed by atoms with Crippen LogP contribution in [0, 0.1) is 5.82 Å². The molecule has 0 radical (unpaired) electrons. The monoisotopic (exact) mass is 511 g/mol. The molecule has 1 amide bonds. The van der Waals surface area contributed by atoms with Crippen LogP contribution in [0.4, 0.5) is 26.5 Å². The Bertz CT molecular complexity index is 1560. The van der Waals surface area contributed by atoms with Crippen LogP contribution in [-0.2, 0) is 9.47 Å². The number of halogens is 1. The van der Waals surface area contributed by atoms with Gasteiger partial charge in [-0.1, -0.05) is 5.16 Å². The summed E-state index contributed by atoms with van der Waals surface area (Å²) < 4.78 is 30.5. The molecule has 4 aromatic heterocycles. The number of nitrogens with zero attached hydrogens (tertiary/aromatic N) is 6. The molecule has 0 fully saturated rings. The highest BCUT2D eigenvalue weighted by atomic mass is 19.1. The van der Waals surface area contributed by atoms with Crippen molar-refractivity contribution < 1.29 is 28.0 Å². The number of fused-ring (bicyclic) bond motifs is 1. The average molecular weight is 511 g/mol. The third-order valence-corrected chi connectivity index (χ3v) is 4.87. The number of nitrogens with one attached hydrogen (secondary N) is 1. The van der Waals surface area contributed by atoms with Crippen LogP contribution in [-0.4, -0.2) is 56.5 Å². The maximum Gasteiger partial charge on any atom is 0.414 e. The van der Waals surface area contributed by atoms with Gasteiger partial charge < -0.3 is 19.3 Å². The molecule has 14 heteroatoms. The molecule has 37 heavy (non-hydrogen) atoms. The van der Waals surface area contributed by atoms with Crippen molar-refractivity contribution in [3.05, 3.63) is 58.7 Å². The molecular weight excluding hydrogens is 489 g/mol.